The Balaban J connectivity index is 1.55. The minimum absolute atomic E-state index is 0.0380. The van der Waals surface area contributed by atoms with Crippen LogP contribution in [0.4, 0.5) is 0 Å². The Bertz CT molecular complexity index is 747. The summed E-state index contributed by atoms with van der Waals surface area (Å²) in [6.45, 7) is 7.73. The molecule has 1 aromatic rings. The molecule has 1 aliphatic rings. The van der Waals surface area contributed by atoms with E-state index in [1.807, 2.05) is 6.20 Å². The van der Waals surface area contributed by atoms with Gasteiger partial charge in [0.2, 0.25) is 5.91 Å². The third-order valence-corrected chi connectivity index (χ3v) is 7.81. The first-order chi connectivity index (χ1) is 18.0. The van der Waals surface area contributed by atoms with Gasteiger partial charge < -0.3 is 16.4 Å². The molecule has 1 saturated heterocycles. The monoisotopic (exact) mass is 518 g/mol. The molecule has 0 saturated carbocycles. The molecule has 2 atom stereocenters. The van der Waals surface area contributed by atoms with Crippen molar-refractivity contribution in [3.05, 3.63) is 11.9 Å². The summed E-state index contributed by atoms with van der Waals surface area (Å²) in [6, 6.07) is -0.314. The summed E-state index contributed by atoms with van der Waals surface area (Å²) in [4.78, 5) is 25.2. The topological polar surface area (TPSA) is 115 Å². The van der Waals surface area contributed by atoms with Crippen LogP contribution in [0, 0.1) is 11.8 Å². The van der Waals surface area contributed by atoms with Crippen molar-refractivity contribution >= 4 is 11.7 Å². The van der Waals surface area contributed by atoms with E-state index in [0.29, 0.717) is 30.7 Å². The summed E-state index contributed by atoms with van der Waals surface area (Å²) >= 11 is 0. The number of nitrogens with one attached hydrogen (secondary N) is 2. The van der Waals surface area contributed by atoms with Crippen molar-refractivity contribution in [1.29, 1.82) is 0 Å². The van der Waals surface area contributed by atoms with Gasteiger partial charge in [-0.25, -0.2) is 4.68 Å². The number of carbonyl (C=O) groups excluding carboxylic acids is 2. The first-order valence-corrected chi connectivity index (χ1v) is 15.2. The minimum atomic E-state index is -0.314. The predicted molar refractivity (Wildman–Crippen MR) is 150 cm³/mol. The summed E-state index contributed by atoms with van der Waals surface area (Å²) in [5, 5.41) is 15.1. The molecule has 0 aliphatic carbocycles. The molecule has 2 rings (SSSR count). The van der Waals surface area contributed by atoms with Crippen LogP contribution >= 0.6 is 0 Å². The average Bonchev–Trinajstić information content (AvgIpc) is 3.37. The van der Waals surface area contributed by atoms with Crippen molar-refractivity contribution in [2.24, 2.45) is 17.6 Å². The van der Waals surface area contributed by atoms with E-state index >= 15 is 0 Å². The lowest BCUT2D eigenvalue weighted by atomic mass is 9.90. The first-order valence-electron chi connectivity index (χ1n) is 15.2. The SMILES string of the molecule is CC[C@H](C)Cc1cn([C@@H](CCCCN)C(=O)NCCCCCCCCCCC(=O)C2CCNCC2)nn1. The number of nitrogens with zero attached hydrogens (tertiary/aromatic N) is 3. The number of unbranched alkanes of at least 4 members (excludes halogenated alkanes) is 8. The number of amides is 1. The molecular weight excluding hydrogens is 464 g/mol. The molecule has 1 fully saturated rings. The standard InChI is InChI=1S/C29H54N6O2/c1-3-24(2)22-26-23-35(34-33-26)27(14-11-12-18-30)29(37)32-19-13-9-7-5-4-6-8-10-15-28(36)25-16-20-31-21-17-25/h23-25,27,31H,3-22,30H2,1-2H3,(H,32,37)/t24-,27-/m0/s1. The molecule has 8 nitrogen and oxygen atoms in total. The molecule has 0 bridgehead atoms. The Morgan fingerprint density at radius 3 is 2.41 bits per heavy atom. The number of Topliss-reactive ketones (excluding diaryl/α,β-unsaturated/α-hetero) is 1. The Labute approximate surface area is 225 Å². The highest BCUT2D eigenvalue weighted by molar-refractivity contribution is 5.81. The molecule has 0 unspecified atom stereocenters. The van der Waals surface area contributed by atoms with Gasteiger partial charge in [0.15, 0.2) is 0 Å². The van der Waals surface area contributed by atoms with Crippen LogP contribution in [0.15, 0.2) is 6.20 Å². The number of carbonyl (C=O) groups is 2. The van der Waals surface area contributed by atoms with Crippen molar-refractivity contribution in [2.45, 2.75) is 123 Å². The maximum atomic E-state index is 13.0. The van der Waals surface area contributed by atoms with Gasteiger partial charge in [-0.1, -0.05) is 64.0 Å². The third-order valence-electron chi connectivity index (χ3n) is 7.81. The smallest absolute Gasteiger partial charge is 0.244 e. The zero-order valence-corrected chi connectivity index (χ0v) is 23.7. The fraction of sp³-hybridized carbons (Fsp3) is 0.862. The molecule has 1 aliphatic heterocycles. The molecule has 0 spiro atoms. The zero-order chi connectivity index (χ0) is 26.7. The summed E-state index contributed by atoms with van der Waals surface area (Å²) in [6.07, 6.45) is 18.5. The van der Waals surface area contributed by atoms with E-state index in [-0.39, 0.29) is 11.9 Å². The molecule has 2 heterocycles. The van der Waals surface area contributed by atoms with E-state index in [4.69, 9.17) is 5.73 Å². The Hall–Kier alpha value is -1.80. The Kier molecular flexibility index (Phi) is 16.4. The fourth-order valence-electron chi connectivity index (χ4n) is 5.09. The highest BCUT2D eigenvalue weighted by Gasteiger charge is 2.22. The molecule has 8 heteroatoms. The van der Waals surface area contributed by atoms with Crippen LogP contribution in [0.5, 0.6) is 0 Å². The second-order valence-electron chi connectivity index (χ2n) is 11.1. The summed E-state index contributed by atoms with van der Waals surface area (Å²) < 4.78 is 1.75. The summed E-state index contributed by atoms with van der Waals surface area (Å²) in [5.74, 6) is 1.39. The number of rotatable bonds is 21. The normalized spacial score (nSPS) is 16.0. The van der Waals surface area contributed by atoms with E-state index in [0.717, 1.165) is 89.4 Å². The van der Waals surface area contributed by atoms with E-state index in [1.54, 1.807) is 4.68 Å². The van der Waals surface area contributed by atoms with Crippen LogP contribution in [0.1, 0.15) is 122 Å². The molecule has 1 amide bonds. The first kappa shape index (κ1) is 31.4. The number of ketones is 1. The van der Waals surface area contributed by atoms with Crippen molar-refractivity contribution < 1.29 is 9.59 Å². The second-order valence-corrected chi connectivity index (χ2v) is 11.1. The van der Waals surface area contributed by atoms with E-state index < -0.39 is 0 Å². The van der Waals surface area contributed by atoms with E-state index in [1.165, 1.54) is 32.1 Å². The Morgan fingerprint density at radius 1 is 1.05 bits per heavy atom. The van der Waals surface area contributed by atoms with Crippen LogP contribution in [-0.4, -0.2) is 52.9 Å². The molecular formula is C29H54N6O2. The van der Waals surface area contributed by atoms with Gasteiger partial charge in [-0.2, -0.15) is 0 Å². The molecule has 37 heavy (non-hydrogen) atoms. The maximum Gasteiger partial charge on any atom is 0.244 e. The van der Waals surface area contributed by atoms with E-state index in [2.05, 4.69) is 34.8 Å². The van der Waals surface area contributed by atoms with Gasteiger partial charge in [0, 0.05) is 25.1 Å². The van der Waals surface area contributed by atoms with Gasteiger partial charge in [-0.3, -0.25) is 9.59 Å². The highest BCUT2D eigenvalue weighted by Crippen LogP contribution is 2.18. The van der Waals surface area contributed by atoms with Gasteiger partial charge in [-0.05, 0) is 76.9 Å². The molecule has 4 N–H and O–H groups in total. The van der Waals surface area contributed by atoms with Gasteiger partial charge in [0.25, 0.3) is 0 Å². The molecule has 0 aromatic carbocycles. The average molecular weight is 519 g/mol. The van der Waals surface area contributed by atoms with Gasteiger partial charge in [0.1, 0.15) is 11.8 Å². The van der Waals surface area contributed by atoms with Crippen molar-refractivity contribution in [2.75, 3.05) is 26.2 Å². The van der Waals surface area contributed by atoms with E-state index in [9.17, 15) is 9.59 Å². The molecule has 212 valence electrons. The second kappa shape index (κ2) is 19.3. The molecule has 0 radical (unpaired) electrons. The van der Waals surface area contributed by atoms with Crippen LogP contribution < -0.4 is 16.4 Å². The quantitative estimate of drug-likeness (QED) is 0.203. The van der Waals surface area contributed by atoms with Gasteiger partial charge >= 0.3 is 0 Å². The maximum absolute atomic E-state index is 13.0. The van der Waals surface area contributed by atoms with Crippen molar-refractivity contribution in [3.63, 3.8) is 0 Å². The largest absolute Gasteiger partial charge is 0.354 e. The summed E-state index contributed by atoms with van der Waals surface area (Å²) in [5.41, 5.74) is 6.62. The van der Waals surface area contributed by atoms with Gasteiger partial charge in [0.05, 0.1) is 5.69 Å². The number of hydrogen-bond donors (Lipinski definition) is 3. The fourth-order valence-corrected chi connectivity index (χ4v) is 5.09. The lowest BCUT2D eigenvalue weighted by Crippen LogP contribution is -2.33. The lowest BCUT2D eigenvalue weighted by molar-refractivity contribution is -0.125. The van der Waals surface area contributed by atoms with Crippen LogP contribution in [0.25, 0.3) is 0 Å². The summed E-state index contributed by atoms with van der Waals surface area (Å²) in [7, 11) is 0. The van der Waals surface area contributed by atoms with Crippen LogP contribution in [-0.2, 0) is 16.0 Å². The number of hydrogen-bond acceptors (Lipinski definition) is 6. The number of nitrogens with two attached hydrogens (primary N) is 1. The zero-order valence-electron chi connectivity index (χ0n) is 23.7. The van der Waals surface area contributed by atoms with Crippen molar-refractivity contribution in [3.8, 4) is 0 Å². The van der Waals surface area contributed by atoms with Crippen LogP contribution in [0.2, 0.25) is 0 Å². The van der Waals surface area contributed by atoms with Crippen molar-refractivity contribution in [1.82, 2.24) is 25.6 Å². The third kappa shape index (κ3) is 13.0. The number of piperidine rings is 1. The lowest BCUT2D eigenvalue weighted by Gasteiger charge is -2.21. The predicted octanol–water partition coefficient (Wildman–Crippen LogP) is 4.73. The minimum Gasteiger partial charge on any atom is -0.354 e. The van der Waals surface area contributed by atoms with Gasteiger partial charge in [-0.15, -0.1) is 5.10 Å². The Morgan fingerprint density at radius 2 is 1.73 bits per heavy atom. The van der Waals surface area contributed by atoms with Crippen LogP contribution in [0.3, 0.4) is 0 Å². The highest BCUT2D eigenvalue weighted by atomic mass is 16.2. The molecule has 1 aromatic heterocycles. The number of aromatic nitrogens is 3.